The molecule has 0 amide bonds. The highest BCUT2D eigenvalue weighted by atomic mass is 35.5. The first-order valence-electron chi connectivity index (χ1n) is 3.76. The fourth-order valence-electron chi connectivity index (χ4n) is 0.925. The van der Waals surface area contributed by atoms with Crippen molar-refractivity contribution in [3.8, 4) is 0 Å². The summed E-state index contributed by atoms with van der Waals surface area (Å²) in [6.45, 7) is 0. The molecule has 0 bridgehead atoms. The fraction of sp³-hybridized carbons (Fsp3) is 0.143. The molecule has 0 aliphatic rings. The molecule has 0 aliphatic heterocycles. The molecule has 4 nitrogen and oxygen atoms in total. The highest BCUT2D eigenvalue weighted by Gasteiger charge is 2.39. The van der Waals surface area contributed by atoms with Gasteiger partial charge in [0.05, 0.1) is 14.8 Å². The van der Waals surface area contributed by atoms with Gasteiger partial charge in [-0.1, -0.05) is 23.2 Å². The molecular weight excluding hydrogens is 306 g/mol. The van der Waals surface area contributed by atoms with E-state index in [2.05, 4.69) is 0 Å². The fourth-order valence-corrected chi connectivity index (χ4v) is 2.30. The number of hydrogen-bond acceptors (Lipinski definition) is 3. The van der Waals surface area contributed by atoms with E-state index in [1.165, 1.54) is 0 Å². The van der Waals surface area contributed by atoms with E-state index >= 15 is 0 Å². The number of benzene rings is 1. The SMILES string of the molecule is O=[N+]([O-])c1cc(Cl)c(S(=O)C(F)(F)F)cc1Cl. The van der Waals surface area contributed by atoms with Crippen molar-refractivity contribution < 1.29 is 22.3 Å². The van der Waals surface area contributed by atoms with E-state index in [1.54, 1.807) is 0 Å². The smallest absolute Gasteiger partial charge is 0.258 e. The summed E-state index contributed by atoms with van der Waals surface area (Å²) in [6.07, 6.45) is 0. The minimum atomic E-state index is -5.01. The first-order valence-corrected chi connectivity index (χ1v) is 5.67. The van der Waals surface area contributed by atoms with Gasteiger partial charge < -0.3 is 0 Å². The predicted octanol–water partition coefficient (Wildman–Crippen LogP) is 3.53. The third kappa shape index (κ3) is 3.08. The molecule has 0 heterocycles. The zero-order valence-electron chi connectivity index (χ0n) is 7.62. The van der Waals surface area contributed by atoms with Gasteiger partial charge in [0.25, 0.3) is 5.69 Å². The number of alkyl halides is 3. The Morgan fingerprint density at radius 2 is 1.76 bits per heavy atom. The van der Waals surface area contributed by atoms with Gasteiger partial charge in [0.15, 0.2) is 10.8 Å². The van der Waals surface area contributed by atoms with Crippen molar-refractivity contribution in [2.45, 2.75) is 10.4 Å². The van der Waals surface area contributed by atoms with E-state index < -0.39 is 41.9 Å². The zero-order chi connectivity index (χ0) is 13.4. The summed E-state index contributed by atoms with van der Waals surface area (Å²) in [5, 5.41) is 9.23. The van der Waals surface area contributed by atoms with E-state index in [1.807, 2.05) is 0 Å². The Hall–Kier alpha value is -0.860. The monoisotopic (exact) mass is 307 g/mol. The minimum Gasteiger partial charge on any atom is -0.258 e. The van der Waals surface area contributed by atoms with Crippen LogP contribution in [0.25, 0.3) is 0 Å². The third-order valence-corrected chi connectivity index (χ3v) is 3.49. The maximum absolute atomic E-state index is 12.2. The lowest BCUT2D eigenvalue weighted by Crippen LogP contribution is -2.16. The quantitative estimate of drug-likeness (QED) is 0.620. The van der Waals surface area contributed by atoms with Crippen molar-refractivity contribution >= 4 is 39.7 Å². The van der Waals surface area contributed by atoms with Crippen LogP contribution in [-0.4, -0.2) is 14.6 Å². The maximum atomic E-state index is 12.2. The average Bonchev–Trinajstić information content (AvgIpc) is 2.18. The number of nitrogens with zero attached hydrogens (tertiary/aromatic N) is 1. The predicted molar refractivity (Wildman–Crippen MR) is 55.6 cm³/mol. The molecule has 10 heteroatoms. The minimum absolute atomic E-state index is 0.563. The van der Waals surface area contributed by atoms with Gasteiger partial charge >= 0.3 is 5.51 Å². The van der Waals surface area contributed by atoms with Crippen LogP contribution in [0.5, 0.6) is 0 Å². The van der Waals surface area contributed by atoms with Gasteiger partial charge in [0, 0.05) is 6.07 Å². The lowest BCUT2D eigenvalue weighted by molar-refractivity contribution is -0.384. The molecular formula is C7H2Cl2F3NO3S. The topological polar surface area (TPSA) is 60.2 Å². The number of nitro groups is 1. The standard InChI is InChI=1S/C7H2Cl2F3NO3S/c8-3-2-6(17(16)7(10,11)12)4(9)1-5(3)13(14)15/h1-2H. The summed E-state index contributed by atoms with van der Waals surface area (Å²) in [4.78, 5) is 8.70. The normalized spacial score (nSPS) is 13.5. The van der Waals surface area contributed by atoms with Gasteiger partial charge in [0.2, 0.25) is 0 Å². The first kappa shape index (κ1) is 14.2. The van der Waals surface area contributed by atoms with Crippen LogP contribution in [0.1, 0.15) is 0 Å². The van der Waals surface area contributed by atoms with Crippen molar-refractivity contribution in [1.29, 1.82) is 0 Å². The highest BCUT2D eigenvalue weighted by molar-refractivity contribution is 7.86. The van der Waals surface area contributed by atoms with Gasteiger partial charge in [0.1, 0.15) is 5.02 Å². The van der Waals surface area contributed by atoms with Gasteiger partial charge in [-0.25, -0.2) is 4.21 Å². The third-order valence-electron chi connectivity index (χ3n) is 1.61. The molecule has 0 saturated heterocycles. The van der Waals surface area contributed by atoms with Crippen LogP contribution in [0.2, 0.25) is 10.0 Å². The second-order valence-electron chi connectivity index (χ2n) is 2.71. The van der Waals surface area contributed by atoms with Crippen LogP contribution in [-0.2, 0) is 10.8 Å². The highest BCUT2D eigenvalue weighted by Crippen LogP contribution is 2.36. The molecule has 0 spiro atoms. The second kappa shape index (κ2) is 4.79. The lowest BCUT2D eigenvalue weighted by Gasteiger charge is -2.08. The van der Waals surface area contributed by atoms with Crippen LogP contribution in [0.15, 0.2) is 17.0 Å². The van der Waals surface area contributed by atoms with Crippen LogP contribution >= 0.6 is 23.2 Å². The van der Waals surface area contributed by atoms with Gasteiger partial charge in [-0.15, -0.1) is 0 Å². The van der Waals surface area contributed by atoms with Crippen molar-refractivity contribution in [2.75, 3.05) is 0 Å². The summed E-state index contributed by atoms with van der Waals surface area (Å²) in [5.41, 5.74) is -5.66. The summed E-state index contributed by atoms with van der Waals surface area (Å²) in [7, 11) is -3.38. The number of rotatable bonds is 2. The largest absolute Gasteiger partial charge is 0.475 e. The number of nitro benzene ring substituents is 1. The molecule has 0 saturated carbocycles. The molecule has 1 aromatic carbocycles. The summed E-state index contributed by atoms with van der Waals surface area (Å²) in [5.74, 6) is 0. The molecule has 0 radical (unpaired) electrons. The Morgan fingerprint density at radius 3 is 2.18 bits per heavy atom. The van der Waals surface area contributed by atoms with Crippen molar-refractivity contribution in [3.63, 3.8) is 0 Å². The molecule has 17 heavy (non-hydrogen) atoms. The Kier molecular flexibility index (Phi) is 4.00. The lowest BCUT2D eigenvalue weighted by atomic mass is 10.3. The molecule has 94 valence electrons. The Labute approximate surface area is 105 Å². The van der Waals surface area contributed by atoms with E-state index in [-0.39, 0.29) is 0 Å². The summed E-state index contributed by atoms with van der Waals surface area (Å²) in [6, 6.07) is 1.20. The summed E-state index contributed by atoms with van der Waals surface area (Å²) >= 11 is 10.8. The average molecular weight is 308 g/mol. The second-order valence-corrected chi connectivity index (χ2v) is 4.96. The van der Waals surface area contributed by atoms with Crippen molar-refractivity contribution in [2.24, 2.45) is 0 Å². The van der Waals surface area contributed by atoms with Gasteiger partial charge in [-0.3, -0.25) is 10.1 Å². The molecule has 1 rings (SSSR count). The molecule has 1 atom stereocenters. The Bertz CT molecular complexity index is 506. The Morgan fingerprint density at radius 1 is 1.24 bits per heavy atom. The van der Waals surface area contributed by atoms with E-state index in [9.17, 15) is 27.5 Å². The maximum Gasteiger partial charge on any atom is 0.475 e. The Balaban J connectivity index is 3.35. The van der Waals surface area contributed by atoms with Crippen molar-refractivity contribution in [3.05, 3.63) is 32.3 Å². The number of halogens is 5. The van der Waals surface area contributed by atoms with Gasteiger partial charge in [-0.2, -0.15) is 13.2 Å². The zero-order valence-corrected chi connectivity index (χ0v) is 9.95. The van der Waals surface area contributed by atoms with E-state index in [4.69, 9.17) is 23.2 Å². The molecule has 1 aromatic rings. The van der Waals surface area contributed by atoms with Crippen LogP contribution in [0.3, 0.4) is 0 Å². The molecule has 1 unspecified atom stereocenters. The number of hydrogen-bond donors (Lipinski definition) is 0. The van der Waals surface area contributed by atoms with Crippen LogP contribution in [0.4, 0.5) is 18.9 Å². The summed E-state index contributed by atoms with van der Waals surface area (Å²) < 4.78 is 47.5. The first-order chi connectivity index (χ1) is 7.64. The molecule has 0 N–H and O–H groups in total. The van der Waals surface area contributed by atoms with Crippen LogP contribution in [0, 0.1) is 10.1 Å². The van der Waals surface area contributed by atoms with E-state index in [0.717, 1.165) is 0 Å². The van der Waals surface area contributed by atoms with Crippen molar-refractivity contribution in [1.82, 2.24) is 0 Å². The van der Waals surface area contributed by atoms with Gasteiger partial charge in [-0.05, 0) is 6.07 Å². The molecule has 0 aromatic heterocycles. The van der Waals surface area contributed by atoms with E-state index in [0.29, 0.717) is 12.1 Å². The molecule has 0 aliphatic carbocycles. The van der Waals surface area contributed by atoms with Crippen LogP contribution < -0.4 is 0 Å². The molecule has 0 fully saturated rings.